The second kappa shape index (κ2) is 7.04. The number of urea groups is 1. The lowest BCUT2D eigenvalue weighted by molar-refractivity contribution is -0.132. The molecule has 6 nitrogen and oxygen atoms in total. The van der Waals surface area contributed by atoms with E-state index in [4.69, 9.17) is 4.74 Å². The van der Waals surface area contributed by atoms with Crippen molar-refractivity contribution in [3.63, 3.8) is 0 Å². The Hall–Kier alpha value is -3.42. The Morgan fingerprint density at radius 1 is 1.18 bits per heavy atom. The molecule has 33 heavy (non-hydrogen) atoms. The minimum absolute atomic E-state index is 0.0552. The van der Waals surface area contributed by atoms with E-state index >= 15 is 0 Å². The van der Waals surface area contributed by atoms with E-state index in [1.165, 1.54) is 11.0 Å². The number of amides is 3. The van der Waals surface area contributed by atoms with Gasteiger partial charge in [-0.3, -0.25) is 4.79 Å². The van der Waals surface area contributed by atoms with E-state index < -0.39 is 23.2 Å². The summed E-state index contributed by atoms with van der Waals surface area (Å²) >= 11 is 0. The van der Waals surface area contributed by atoms with Crippen LogP contribution in [-0.2, 0) is 10.3 Å². The van der Waals surface area contributed by atoms with Crippen molar-refractivity contribution in [3.05, 3.63) is 65.2 Å². The lowest BCUT2D eigenvalue weighted by Gasteiger charge is -2.39. The second-order valence-corrected chi connectivity index (χ2v) is 9.24. The van der Waals surface area contributed by atoms with Crippen molar-refractivity contribution >= 4 is 23.2 Å². The number of likely N-dealkylation sites (tertiary alicyclic amines) is 1. The van der Waals surface area contributed by atoms with Crippen LogP contribution < -0.4 is 10.1 Å². The third-order valence-electron chi connectivity index (χ3n) is 7.43. The lowest BCUT2D eigenvalue weighted by Crippen LogP contribution is -2.53. The van der Waals surface area contributed by atoms with Crippen molar-refractivity contribution in [2.75, 3.05) is 25.5 Å². The van der Waals surface area contributed by atoms with E-state index in [1.54, 1.807) is 7.11 Å². The molecule has 1 spiro atoms. The summed E-state index contributed by atoms with van der Waals surface area (Å²) in [5.41, 5.74) is 1.63. The smallest absolute Gasteiger partial charge is 0.323 e. The van der Waals surface area contributed by atoms with Crippen molar-refractivity contribution in [1.29, 1.82) is 0 Å². The third-order valence-corrected chi connectivity index (χ3v) is 7.43. The summed E-state index contributed by atoms with van der Waals surface area (Å²) in [7, 11) is 1.62. The van der Waals surface area contributed by atoms with E-state index in [2.05, 4.69) is 11.4 Å². The molecule has 2 aliphatic carbocycles. The summed E-state index contributed by atoms with van der Waals surface area (Å²) in [5.74, 6) is -1.04. The van der Waals surface area contributed by atoms with Crippen LogP contribution in [0.2, 0.25) is 0 Å². The zero-order chi connectivity index (χ0) is 22.9. The van der Waals surface area contributed by atoms with E-state index in [0.29, 0.717) is 19.4 Å². The minimum atomic E-state index is -0.951. The molecule has 8 heteroatoms. The number of fused-ring (bicyclic) bond motifs is 4. The Morgan fingerprint density at radius 3 is 2.61 bits per heavy atom. The molecule has 3 amide bonds. The summed E-state index contributed by atoms with van der Waals surface area (Å²) in [4.78, 5) is 29.5. The van der Waals surface area contributed by atoms with Crippen molar-refractivity contribution in [2.24, 2.45) is 5.92 Å². The fourth-order valence-electron chi connectivity index (χ4n) is 5.71. The molecule has 170 valence electrons. The number of carbonyl (C=O) groups excluding carboxylic acids is 2. The summed E-state index contributed by atoms with van der Waals surface area (Å²) in [6.45, 7) is 0.436. The molecule has 0 radical (unpaired) electrons. The van der Waals surface area contributed by atoms with Gasteiger partial charge in [0.2, 0.25) is 5.91 Å². The molecular formula is C25H23F2N3O3. The van der Waals surface area contributed by atoms with Crippen molar-refractivity contribution in [1.82, 2.24) is 9.80 Å². The van der Waals surface area contributed by atoms with Crippen LogP contribution in [0.25, 0.3) is 5.57 Å². The predicted molar refractivity (Wildman–Crippen MR) is 118 cm³/mol. The molecule has 2 aromatic carbocycles. The Balaban J connectivity index is 1.25. The number of ether oxygens (including phenoxy) is 1. The first-order chi connectivity index (χ1) is 15.9. The Bertz CT molecular complexity index is 1210. The highest BCUT2D eigenvalue weighted by Gasteiger charge is 2.58. The van der Waals surface area contributed by atoms with Gasteiger partial charge in [-0.2, -0.15) is 0 Å². The van der Waals surface area contributed by atoms with Gasteiger partial charge in [0, 0.05) is 12.1 Å². The van der Waals surface area contributed by atoms with Crippen molar-refractivity contribution < 1.29 is 23.1 Å². The maximum atomic E-state index is 14.7. The van der Waals surface area contributed by atoms with Gasteiger partial charge < -0.3 is 19.9 Å². The van der Waals surface area contributed by atoms with Crippen LogP contribution in [0.4, 0.5) is 19.3 Å². The van der Waals surface area contributed by atoms with Crippen LogP contribution in [0, 0.1) is 17.6 Å². The third kappa shape index (κ3) is 2.96. The number of nitrogens with zero attached hydrogens (tertiary/aromatic N) is 2. The first-order valence-corrected chi connectivity index (χ1v) is 11.1. The lowest BCUT2D eigenvalue weighted by atomic mass is 9.97. The maximum Gasteiger partial charge on any atom is 0.323 e. The van der Waals surface area contributed by atoms with Gasteiger partial charge in [-0.05, 0) is 60.6 Å². The molecule has 2 bridgehead atoms. The Kier molecular flexibility index (Phi) is 4.31. The number of halogens is 2. The topological polar surface area (TPSA) is 61.9 Å². The van der Waals surface area contributed by atoms with Gasteiger partial charge in [0.25, 0.3) is 0 Å². The average Bonchev–Trinajstić information content (AvgIpc) is 3.31. The first kappa shape index (κ1) is 20.2. The molecule has 2 fully saturated rings. The largest absolute Gasteiger partial charge is 0.497 e. The molecule has 2 aliphatic heterocycles. The van der Waals surface area contributed by atoms with Gasteiger partial charge in [0.1, 0.15) is 12.3 Å². The number of anilines is 1. The number of methoxy groups -OCH3 is 1. The van der Waals surface area contributed by atoms with Gasteiger partial charge in [0.05, 0.1) is 24.4 Å². The molecule has 4 aliphatic rings. The minimum Gasteiger partial charge on any atom is -0.497 e. The van der Waals surface area contributed by atoms with Crippen LogP contribution in [-0.4, -0.2) is 48.0 Å². The van der Waals surface area contributed by atoms with Crippen LogP contribution in [0.15, 0.2) is 42.5 Å². The molecule has 2 heterocycles. The Labute approximate surface area is 189 Å². The number of hydrogen-bond donors (Lipinski definition) is 1. The van der Waals surface area contributed by atoms with Gasteiger partial charge in [-0.25, -0.2) is 13.6 Å². The van der Waals surface area contributed by atoms with Gasteiger partial charge in [-0.1, -0.05) is 18.2 Å². The monoisotopic (exact) mass is 451 g/mol. The zero-order valence-electron chi connectivity index (χ0n) is 18.1. The summed E-state index contributed by atoms with van der Waals surface area (Å²) in [5, 5.41) is 2.64. The van der Waals surface area contributed by atoms with Gasteiger partial charge in [0.15, 0.2) is 11.6 Å². The fourth-order valence-corrected chi connectivity index (χ4v) is 5.71. The molecule has 2 atom stereocenters. The SMILES string of the molecule is COc1ccc(C2=CC3CC2N(C(=O)CN2C(=O)Nc4ccc(F)c(F)c4C24CC4)C3)cc1. The normalized spacial score (nSPS) is 24.0. The highest BCUT2D eigenvalue weighted by Crippen LogP contribution is 2.56. The first-order valence-electron chi connectivity index (χ1n) is 11.1. The molecule has 1 saturated carbocycles. The molecule has 0 aromatic heterocycles. The molecule has 1 N–H and O–H groups in total. The number of hydrogen-bond acceptors (Lipinski definition) is 3. The fraction of sp³-hybridized carbons (Fsp3) is 0.360. The van der Waals surface area contributed by atoms with Crippen molar-refractivity contribution in [3.8, 4) is 5.75 Å². The van der Waals surface area contributed by atoms with Crippen molar-refractivity contribution in [2.45, 2.75) is 30.8 Å². The van der Waals surface area contributed by atoms with E-state index in [0.717, 1.165) is 29.4 Å². The summed E-state index contributed by atoms with van der Waals surface area (Å²) in [6, 6.07) is 9.66. The van der Waals surface area contributed by atoms with Crippen LogP contribution in [0.5, 0.6) is 5.75 Å². The number of rotatable bonds is 4. The highest BCUT2D eigenvalue weighted by atomic mass is 19.2. The molecule has 2 unspecified atom stereocenters. The van der Waals surface area contributed by atoms with Crippen LogP contribution in [0.1, 0.15) is 30.4 Å². The van der Waals surface area contributed by atoms with Crippen LogP contribution >= 0.6 is 0 Å². The predicted octanol–water partition coefficient (Wildman–Crippen LogP) is 4.12. The van der Waals surface area contributed by atoms with E-state index in [9.17, 15) is 18.4 Å². The second-order valence-electron chi connectivity index (χ2n) is 9.24. The molecule has 2 aromatic rings. The molecule has 6 rings (SSSR count). The average molecular weight is 451 g/mol. The molecular weight excluding hydrogens is 428 g/mol. The number of carbonyl (C=O) groups is 2. The van der Waals surface area contributed by atoms with Gasteiger partial charge in [-0.15, -0.1) is 0 Å². The standard InChI is InChI=1S/C25H23F2N3O3/c1-33-16-4-2-15(3-5-16)17-10-14-11-20(17)29(12-14)21(31)13-30-24(32)28-19-7-6-18(26)23(27)22(19)25(30)8-9-25/h2-7,10,14,20H,8-9,11-13H2,1H3,(H,28,32). The highest BCUT2D eigenvalue weighted by molar-refractivity contribution is 5.97. The number of benzene rings is 2. The zero-order valence-corrected chi connectivity index (χ0v) is 18.1. The quantitative estimate of drug-likeness (QED) is 0.761. The summed E-state index contributed by atoms with van der Waals surface area (Å²) in [6.07, 6.45) is 4.09. The molecule has 1 saturated heterocycles. The number of nitrogens with one attached hydrogen (secondary N) is 1. The van der Waals surface area contributed by atoms with Gasteiger partial charge >= 0.3 is 6.03 Å². The maximum absolute atomic E-state index is 14.7. The van der Waals surface area contributed by atoms with E-state index in [-0.39, 0.29) is 35.7 Å². The summed E-state index contributed by atoms with van der Waals surface area (Å²) < 4.78 is 33.9. The Morgan fingerprint density at radius 2 is 1.94 bits per heavy atom. The van der Waals surface area contributed by atoms with Crippen LogP contribution in [0.3, 0.4) is 0 Å². The van der Waals surface area contributed by atoms with E-state index in [1.807, 2.05) is 29.2 Å².